The molecule has 0 spiro atoms. The van der Waals surface area contributed by atoms with E-state index in [1.807, 2.05) is 18.2 Å². The Bertz CT molecular complexity index is 576. The molecule has 0 saturated heterocycles. The lowest BCUT2D eigenvalue weighted by Crippen LogP contribution is -2.61. The Morgan fingerprint density at radius 2 is 2.08 bits per heavy atom. The predicted molar refractivity (Wildman–Crippen MR) is 89.4 cm³/mol. The molecule has 2 atom stereocenters. The van der Waals surface area contributed by atoms with Crippen molar-refractivity contribution in [1.29, 1.82) is 0 Å². The van der Waals surface area contributed by atoms with Gasteiger partial charge in [-0.15, -0.1) is 0 Å². The third kappa shape index (κ3) is 3.27. The Labute approximate surface area is 142 Å². The molecule has 4 aliphatic rings. The van der Waals surface area contributed by atoms with Gasteiger partial charge in [0.25, 0.3) is 0 Å². The molecule has 1 amide bonds. The molecule has 5 rings (SSSR count). The number of amides is 1. The SMILES string of the molecule is O=C(CCCOc1ccccn1)NC1C2CC3CC1CC(O)(C3)C2. The number of carbonyl (C=O) groups excluding carboxylic acids is 1. The van der Waals surface area contributed by atoms with Gasteiger partial charge >= 0.3 is 0 Å². The molecule has 0 aromatic carbocycles. The molecule has 5 heteroatoms. The smallest absolute Gasteiger partial charge is 0.220 e. The van der Waals surface area contributed by atoms with Crippen LogP contribution in [0.5, 0.6) is 5.88 Å². The number of ether oxygens (including phenoxy) is 1. The Morgan fingerprint density at radius 3 is 2.75 bits per heavy atom. The maximum atomic E-state index is 12.3. The maximum absolute atomic E-state index is 12.3. The van der Waals surface area contributed by atoms with E-state index < -0.39 is 5.60 Å². The fraction of sp³-hybridized carbons (Fsp3) is 0.684. The van der Waals surface area contributed by atoms with E-state index in [0.29, 0.717) is 43.1 Å². The molecule has 4 aliphatic carbocycles. The second kappa shape index (κ2) is 6.36. The second-order valence-corrected chi connectivity index (χ2v) is 7.91. The summed E-state index contributed by atoms with van der Waals surface area (Å²) in [5.41, 5.74) is -0.436. The Morgan fingerprint density at radius 1 is 1.29 bits per heavy atom. The topological polar surface area (TPSA) is 71.5 Å². The average Bonchev–Trinajstić information content (AvgIpc) is 2.54. The molecule has 5 nitrogen and oxygen atoms in total. The molecular weight excluding hydrogens is 304 g/mol. The van der Waals surface area contributed by atoms with Gasteiger partial charge < -0.3 is 15.2 Å². The zero-order valence-corrected chi connectivity index (χ0v) is 14.0. The van der Waals surface area contributed by atoms with Gasteiger partial charge in [0.05, 0.1) is 12.2 Å². The van der Waals surface area contributed by atoms with E-state index in [0.717, 1.165) is 19.3 Å². The average molecular weight is 330 g/mol. The highest BCUT2D eigenvalue weighted by atomic mass is 16.5. The molecule has 2 unspecified atom stereocenters. The molecule has 0 radical (unpaired) electrons. The highest BCUT2D eigenvalue weighted by molar-refractivity contribution is 5.76. The molecule has 4 saturated carbocycles. The minimum atomic E-state index is -0.436. The fourth-order valence-corrected chi connectivity index (χ4v) is 5.32. The zero-order chi connectivity index (χ0) is 16.6. The van der Waals surface area contributed by atoms with Gasteiger partial charge in [0, 0.05) is 24.7 Å². The van der Waals surface area contributed by atoms with Crippen molar-refractivity contribution in [3.63, 3.8) is 0 Å². The van der Waals surface area contributed by atoms with Crippen molar-refractivity contribution in [3.05, 3.63) is 24.4 Å². The summed E-state index contributed by atoms with van der Waals surface area (Å²) in [5, 5.41) is 13.9. The van der Waals surface area contributed by atoms with E-state index in [1.165, 1.54) is 12.8 Å². The number of hydrogen-bond donors (Lipinski definition) is 2. The molecule has 24 heavy (non-hydrogen) atoms. The van der Waals surface area contributed by atoms with E-state index >= 15 is 0 Å². The van der Waals surface area contributed by atoms with Crippen molar-refractivity contribution in [1.82, 2.24) is 10.3 Å². The van der Waals surface area contributed by atoms with Gasteiger partial charge in [0.1, 0.15) is 0 Å². The van der Waals surface area contributed by atoms with Crippen molar-refractivity contribution in [2.24, 2.45) is 17.8 Å². The number of aliphatic hydroxyl groups is 1. The Hall–Kier alpha value is -1.62. The molecule has 1 aromatic rings. The van der Waals surface area contributed by atoms with Crippen LogP contribution in [0.15, 0.2) is 24.4 Å². The third-order valence-corrected chi connectivity index (χ3v) is 6.00. The van der Waals surface area contributed by atoms with Crippen LogP contribution < -0.4 is 10.1 Å². The first-order valence-electron chi connectivity index (χ1n) is 9.17. The van der Waals surface area contributed by atoms with Crippen LogP contribution in [0.2, 0.25) is 0 Å². The summed E-state index contributed by atoms with van der Waals surface area (Å²) >= 11 is 0. The quantitative estimate of drug-likeness (QED) is 0.785. The number of carbonyl (C=O) groups is 1. The number of pyridine rings is 1. The minimum Gasteiger partial charge on any atom is -0.478 e. The number of aromatic nitrogens is 1. The van der Waals surface area contributed by atoms with Crippen LogP contribution in [0.4, 0.5) is 0 Å². The summed E-state index contributed by atoms with van der Waals surface area (Å²) < 4.78 is 5.53. The summed E-state index contributed by atoms with van der Waals surface area (Å²) in [5.74, 6) is 2.33. The minimum absolute atomic E-state index is 0.115. The summed E-state index contributed by atoms with van der Waals surface area (Å²) in [6.45, 7) is 0.504. The van der Waals surface area contributed by atoms with Crippen molar-refractivity contribution in [3.8, 4) is 5.88 Å². The Kier molecular flexibility index (Phi) is 4.21. The molecule has 4 bridgehead atoms. The highest BCUT2D eigenvalue weighted by Crippen LogP contribution is 2.55. The van der Waals surface area contributed by atoms with Gasteiger partial charge in [-0.25, -0.2) is 4.98 Å². The number of hydrogen-bond acceptors (Lipinski definition) is 4. The first kappa shape index (κ1) is 15.9. The van der Waals surface area contributed by atoms with Crippen LogP contribution in [-0.4, -0.2) is 34.2 Å². The molecule has 2 N–H and O–H groups in total. The second-order valence-electron chi connectivity index (χ2n) is 7.91. The summed E-state index contributed by atoms with van der Waals surface area (Å²) in [6, 6.07) is 5.82. The van der Waals surface area contributed by atoms with Gasteiger partial charge in [0.15, 0.2) is 0 Å². The van der Waals surface area contributed by atoms with Gasteiger partial charge in [-0.1, -0.05) is 6.07 Å². The molecule has 0 aliphatic heterocycles. The van der Waals surface area contributed by atoms with E-state index in [9.17, 15) is 9.90 Å². The van der Waals surface area contributed by atoms with Crippen molar-refractivity contribution >= 4 is 5.91 Å². The van der Waals surface area contributed by atoms with Crippen molar-refractivity contribution < 1.29 is 14.6 Å². The fourth-order valence-electron chi connectivity index (χ4n) is 5.32. The lowest BCUT2D eigenvalue weighted by Gasteiger charge is -2.58. The van der Waals surface area contributed by atoms with E-state index in [-0.39, 0.29) is 11.9 Å². The van der Waals surface area contributed by atoms with Crippen LogP contribution in [0.3, 0.4) is 0 Å². The van der Waals surface area contributed by atoms with Crippen LogP contribution in [0.1, 0.15) is 44.9 Å². The van der Waals surface area contributed by atoms with Crippen LogP contribution >= 0.6 is 0 Å². The van der Waals surface area contributed by atoms with E-state index in [1.54, 1.807) is 6.20 Å². The molecule has 1 heterocycles. The van der Waals surface area contributed by atoms with Crippen LogP contribution in [0.25, 0.3) is 0 Å². The summed E-state index contributed by atoms with van der Waals surface area (Å²) in [7, 11) is 0. The molecular formula is C19H26N2O3. The van der Waals surface area contributed by atoms with Gasteiger partial charge in [-0.2, -0.15) is 0 Å². The monoisotopic (exact) mass is 330 g/mol. The van der Waals surface area contributed by atoms with Crippen LogP contribution in [0, 0.1) is 17.8 Å². The molecule has 130 valence electrons. The largest absolute Gasteiger partial charge is 0.478 e. The van der Waals surface area contributed by atoms with Gasteiger partial charge in [-0.3, -0.25) is 4.79 Å². The Balaban J connectivity index is 1.22. The predicted octanol–water partition coefficient (Wildman–Crippen LogP) is 2.30. The summed E-state index contributed by atoms with van der Waals surface area (Å²) in [4.78, 5) is 16.4. The number of nitrogens with one attached hydrogen (secondary N) is 1. The highest BCUT2D eigenvalue weighted by Gasteiger charge is 2.54. The molecule has 4 fully saturated rings. The van der Waals surface area contributed by atoms with Gasteiger partial charge in [0.2, 0.25) is 11.8 Å². The number of nitrogens with zero attached hydrogens (tertiary/aromatic N) is 1. The lowest BCUT2D eigenvalue weighted by atomic mass is 9.52. The first-order chi connectivity index (χ1) is 11.6. The van der Waals surface area contributed by atoms with Crippen LogP contribution in [-0.2, 0) is 4.79 Å². The van der Waals surface area contributed by atoms with Crippen molar-refractivity contribution in [2.45, 2.75) is 56.6 Å². The standard InChI is InChI=1S/C19H26N2O3/c22-16(4-3-7-24-17-5-1-2-6-20-17)21-18-14-8-13-9-15(18)12-19(23,10-13)11-14/h1-2,5-6,13-15,18,23H,3-4,7-12H2,(H,21,22). The van der Waals surface area contributed by atoms with E-state index in [4.69, 9.17) is 4.74 Å². The molecule has 1 aromatic heterocycles. The first-order valence-corrected chi connectivity index (χ1v) is 9.17. The number of rotatable bonds is 6. The third-order valence-electron chi connectivity index (χ3n) is 6.00. The maximum Gasteiger partial charge on any atom is 0.220 e. The van der Waals surface area contributed by atoms with Gasteiger partial charge in [-0.05, 0) is 62.3 Å². The lowest BCUT2D eigenvalue weighted by molar-refractivity contribution is -0.146. The van der Waals surface area contributed by atoms with E-state index in [2.05, 4.69) is 10.3 Å². The van der Waals surface area contributed by atoms with Crippen molar-refractivity contribution in [2.75, 3.05) is 6.61 Å². The normalized spacial score (nSPS) is 36.5. The summed E-state index contributed by atoms with van der Waals surface area (Å²) in [6.07, 6.45) is 7.93. The zero-order valence-electron chi connectivity index (χ0n) is 14.0.